The first-order valence-electron chi connectivity index (χ1n) is 10.4. The molecule has 2 aromatic rings. The van der Waals surface area contributed by atoms with Crippen LogP contribution in [0.4, 0.5) is 18.9 Å². The predicted octanol–water partition coefficient (Wildman–Crippen LogP) is 4.73. The molecule has 2 amide bonds. The molecule has 0 atom stereocenters. The molecule has 1 aliphatic rings. The van der Waals surface area contributed by atoms with Crippen LogP contribution in [0.25, 0.3) is 0 Å². The van der Waals surface area contributed by atoms with Crippen LogP contribution in [-0.2, 0) is 11.0 Å². The van der Waals surface area contributed by atoms with Crippen LogP contribution >= 0.6 is 0 Å². The molecule has 0 N–H and O–H groups in total. The van der Waals surface area contributed by atoms with Crippen molar-refractivity contribution in [2.45, 2.75) is 32.9 Å². The summed E-state index contributed by atoms with van der Waals surface area (Å²) in [6, 6.07) is 9.14. The fourth-order valence-corrected chi connectivity index (χ4v) is 3.48. The van der Waals surface area contributed by atoms with E-state index in [0.717, 1.165) is 12.1 Å². The van der Waals surface area contributed by atoms with E-state index in [9.17, 15) is 22.8 Å². The van der Waals surface area contributed by atoms with Gasteiger partial charge in [0.2, 0.25) is 5.91 Å². The third-order valence-corrected chi connectivity index (χ3v) is 5.00. The summed E-state index contributed by atoms with van der Waals surface area (Å²) in [5, 5.41) is 0. The van der Waals surface area contributed by atoms with Crippen molar-refractivity contribution in [3.8, 4) is 11.5 Å². The Balaban J connectivity index is 2.00. The topological polar surface area (TPSA) is 59.1 Å². The number of carbonyl (C=O) groups excluding carboxylic acids is 2. The highest BCUT2D eigenvalue weighted by atomic mass is 19.4. The molecule has 1 heterocycles. The van der Waals surface area contributed by atoms with Gasteiger partial charge in [-0.25, -0.2) is 0 Å². The maximum Gasteiger partial charge on any atom is 0.416 e. The number of benzene rings is 2. The van der Waals surface area contributed by atoms with E-state index >= 15 is 0 Å². The van der Waals surface area contributed by atoms with Gasteiger partial charge in [-0.3, -0.25) is 14.5 Å². The van der Waals surface area contributed by atoms with Crippen LogP contribution in [-0.4, -0.2) is 43.1 Å². The zero-order chi connectivity index (χ0) is 23.3. The Morgan fingerprint density at radius 2 is 1.78 bits per heavy atom. The molecule has 172 valence electrons. The van der Waals surface area contributed by atoms with Gasteiger partial charge in [-0.1, -0.05) is 6.07 Å². The average Bonchev–Trinajstić information content (AvgIpc) is 3.17. The number of likely N-dealkylation sites (tertiary alicyclic amines) is 1. The maximum absolute atomic E-state index is 13.4. The number of rotatable bonds is 8. The van der Waals surface area contributed by atoms with Crippen LogP contribution in [0, 0.1) is 0 Å². The molecule has 0 aliphatic carbocycles. The molecule has 9 heteroatoms. The molecule has 3 rings (SSSR count). The summed E-state index contributed by atoms with van der Waals surface area (Å²) in [7, 11) is 0. The number of hydrogen-bond acceptors (Lipinski definition) is 4. The van der Waals surface area contributed by atoms with Gasteiger partial charge in [0.25, 0.3) is 5.91 Å². The molecular weight excluding hydrogens is 425 g/mol. The zero-order valence-electron chi connectivity index (χ0n) is 17.9. The van der Waals surface area contributed by atoms with E-state index in [0.29, 0.717) is 44.1 Å². The Labute approximate surface area is 184 Å². The summed E-state index contributed by atoms with van der Waals surface area (Å²) in [5.41, 5.74) is -0.612. The molecule has 0 aromatic heterocycles. The number of carbonyl (C=O) groups is 2. The first kappa shape index (κ1) is 23.4. The van der Waals surface area contributed by atoms with Crippen LogP contribution in [0.1, 0.15) is 42.6 Å². The van der Waals surface area contributed by atoms with Crippen molar-refractivity contribution in [2.75, 3.05) is 31.3 Å². The Morgan fingerprint density at radius 3 is 2.41 bits per heavy atom. The van der Waals surface area contributed by atoms with E-state index in [-0.39, 0.29) is 23.8 Å². The van der Waals surface area contributed by atoms with Crippen LogP contribution in [0.2, 0.25) is 0 Å². The van der Waals surface area contributed by atoms with Gasteiger partial charge in [0.15, 0.2) is 11.5 Å². The Bertz CT molecular complexity index is 978. The van der Waals surface area contributed by atoms with Gasteiger partial charge in [0, 0.05) is 24.2 Å². The Morgan fingerprint density at radius 1 is 1.06 bits per heavy atom. The number of amides is 2. The van der Waals surface area contributed by atoms with Gasteiger partial charge in [-0.15, -0.1) is 0 Å². The van der Waals surface area contributed by atoms with Gasteiger partial charge in [0.1, 0.15) is 6.67 Å². The highest BCUT2D eigenvalue weighted by Crippen LogP contribution is 2.33. The molecule has 0 spiro atoms. The third kappa shape index (κ3) is 5.33. The van der Waals surface area contributed by atoms with E-state index in [1.54, 1.807) is 13.0 Å². The Hall–Kier alpha value is -3.23. The predicted molar refractivity (Wildman–Crippen MR) is 113 cm³/mol. The van der Waals surface area contributed by atoms with E-state index in [2.05, 4.69) is 0 Å². The molecule has 0 unspecified atom stereocenters. The van der Waals surface area contributed by atoms with Crippen LogP contribution in [0.5, 0.6) is 11.5 Å². The van der Waals surface area contributed by atoms with Gasteiger partial charge < -0.3 is 14.4 Å². The quantitative estimate of drug-likeness (QED) is 0.584. The average molecular weight is 450 g/mol. The van der Waals surface area contributed by atoms with Crippen LogP contribution in [0.15, 0.2) is 42.5 Å². The van der Waals surface area contributed by atoms with Crippen molar-refractivity contribution in [1.82, 2.24) is 4.90 Å². The third-order valence-electron chi connectivity index (χ3n) is 5.00. The van der Waals surface area contributed by atoms with E-state index in [4.69, 9.17) is 9.47 Å². The summed E-state index contributed by atoms with van der Waals surface area (Å²) in [5.74, 6) is 0.136. The van der Waals surface area contributed by atoms with Gasteiger partial charge in [-0.05, 0) is 56.7 Å². The largest absolute Gasteiger partial charge is 0.490 e. The first-order valence-corrected chi connectivity index (χ1v) is 10.4. The van der Waals surface area contributed by atoms with E-state index in [1.807, 2.05) is 6.92 Å². The highest BCUT2D eigenvalue weighted by molar-refractivity contribution is 6.06. The number of alkyl halides is 3. The van der Waals surface area contributed by atoms with Crippen molar-refractivity contribution >= 4 is 17.5 Å². The second kappa shape index (κ2) is 9.93. The molecule has 1 fully saturated rings. The molecule has 32 heavy (non-hydrogen) atoms. The fourth-order valence-electron chi connectivity index (χ4n) is 3.48. The Kier molecular flexibility index (Phi) is 7.27. The summed E-state index contributed by atoms with van der Waals surface area (Å²) in [6.45, 7) is 4.65. The van der Waals surface area contributed by atoms with Crippen molar-refractivity contribution in [3.63, 3.8) is 0 Å². The highest BCUT2D eigenvalue weighted by Gasteiger charge is 2.32. The molecule has 0 bridgehead atoms. The second-order valence-electron chi connectivity index (χ2n) is 7.21. The van der Waals surface area contributed by atoms with Crippen molar-refractivity contribution < 1.29 is 32.2 Å². The van der Waals surface area contributed by atoms with Crippen molar-refractivity contribution in [1.29, 1.82) is 0 Å². The fraction of sp³-hybridized carbons (Fsp3) is 0.391. The van der Waals surface area contributed by atoms with Crippen molar-refractivity contribution in [2.24, 2.45) is 0 Å². The summed E-state index contributed by atoms with van der Waals surface area (Å²) < 4.78 is 50.9. The van der Waals surface area contributed by atoms with E-state index < -0.39 is 17.6 Å². The zero-order valence-corrected chi connectivity index (χ0v) is 17.9. The lowest BCUT2D eigenvalue weighted by Gasteiger charge is -2.29. The van der Waals surface area contributed by atoms with E-state index in [1.165, 1.54) is 34.1 Å². The number of anilines is 1. The monoisotopic (exact) mass is 450 g/mol. The minimum atomic E-state index is -4.56. The molecular formula is C23H25F3N2O4. The smallest absolute Gasteiger partial charge is 0.416 e. The number of nitrogens with zero attached hydrogens (tertiary/aromatic N) is 2. The van der Waals surface area contributed by atoms with Gasteiger partial charge in [-0.2, -0.15) is 13.2 Å². The minimum absolute atomic E-state index is 0.0522. The number of ether oxygens (including phenoxy) is 2. The molecule has 1 aliphatic heterocycles. The summed E-state index contributed by atoms with van der Waals surface area (Å²) >= 11 is 0. The second-order valence-corrected chi connectivity index (χ2v) is 7.21. The maximum atomic E-state index is 13.4. The van der Waals surface area contributed by atoms with Gasteiger partial charge >= 0.3 is 6.18 Å². The molecule has 6 nitrogen and oxygen atoms in total. The lowest BCUT2D eigenvalue weighted by molar-refractivity contribution is -0.137. The SMILES string of the molecule is CCOc1ccc(C(=O)N(CN2CCCC2=O)c2cccc(C(F)(F)F)c2)cc1OCC. The lowest BCUT2D eigenvalue weighted by Crippen LogP contribution is -2.42. The minimum Gasteiger partial charge on any atom is -0.490 e. The van der Waals surface area contributed by atoms with Crippen LogP contribution in [0.3, 0.4) is 0 Å². The molecule has 0 saturated carbocycles. The standard InChI is InChI=1S/C23H25F3N2O4/c1-3-31-19-11-10-16(13-20(19)32-4-2)22(30)28(15-27-12-6-9-21(27)29)18-8-5-7-17(14-18)23(24,25)26/h5,7-8,10-11,13-14H,3-4,6,9,12,15H2,1-2H3. The normalized spacial score (nSPS) is 13.9. The number of hydrogen-bond donors (Lipinski definition) is 0. The summed E-state index contributed by atoms with van der Waals surface area (Å²) in [6.07, 6.45) is -3.57. The number of halogens is 3. The molecule has 0 radical (unpaired) electrons. The van der Waals surface area contributed by atoms with Crippen LogP contribution < -0.4 is 14.4 Å². The van der Waals surface area contributed by atoms with Gasteiger partial charge in [0.05, 0.1) is 18.8 Å². The summed E-state index contributed by atoms with van der Waals surface area (Å²) in [4.78, 5) is 28.2. The lowest BCUT2D eigenvalue weighted by atomic mass is 10.1. The molecule has 2 aromatic carbocycles. The first-order chi connectivity index (χ1) is 15.2. The van der Waals surface area contributed by atoms with Crippen molar-refractivity contribution in [3.05, 3.63) is 53.6 Å². The molecule has 1 saturated heterocycles.